The molecule has 0 aliphatic rings. The number of nitrogens with two attached hydrogens (primary N) is 7. The van der Waals surface area contributed by atoms with E-state index in [1.54, 1.807) is 13.8 Å². The van der Waals surface area contributed by atoms with Gasteiger partial charge in [-0.1, -0.05) is 64.4 Å². The minimum absolute atomic E-state index is 0.0208. The number of carboxylic acid groups (broad SMARTS) is 7. The van der Waals surface area contributed by atoms with Crippen molar-refractivity contribution >= 4 is 47.7 Å². The molecule has 1 aromatic rings. The van der Waals surface area contributed by atoms with Gasteiger partial charge in [0.1, 0.15) is 36.3 Å². The van der Waals surface area contributed by atoms with E-state index in [9.17, 15) is 38.4 Å². The molecule has 22 N–H and O–H groups in total. The van der Waals surface area contributed by atoms with Gasteiger partial charge >= 0.3 is 41.8 Å². The number of aliphatic carboxylic acids is 7. The number of aliphatic hydroxyl groups is 1. The van der Waals surface area contributed by atoms with Gasteiger partial charge in [-0.15, -0.1) is 0 Å². The molecule has 1 rings (SSSR count). The molecule has 0 saturated carbocycles. The minimum Gasteiger partial charge on any atom is -0.481 e. The lowest BCUT2D eigenvalue weighted by Crippen LogP contribution is -2.39. The first-order valence-electron chi connectivity index (χ1n) is 16.6. The van der Waals surface area contributed by atoms with E-state index in [0.717, 1.165) is 12.0 Å². The summed E-state index contributed by atoms with van der Waals surface area (Å²) in [5.41, 5.74) is 36.3. The third-order valence-corrected chi connectivity index (χ3v) is 6.70. The minimum atomic E-state index is -1.29. The molecule has 0 spiro atoms. The summed E-state index contributed by atoms with van der Waals surface area (Å²) in [5, 5.41) is 65.9. The van der Waals surface area contributed by atoms with E-state index in [-0.39, 0.29) is 24.7 Å². The highest BCUT2D eigenvalue weighted by molar-refractivity contribution is 5.80. The quantitative estimate of drug-likeness (QED) is 0.0770. The molecule has 1 aromatic carbocycles. The van der Waals surface area contributed by atoms with Crippen molar-refractivity contribution in [2.45, 2.75) is 109 Å². The topological polar surface area (TPSA) is 481 Å². The zero-order chi connectivity index (χ0) is 45.5. The Balaban J connectivity index is -0.000000187. The van der Waals surface area contributed by atoms with Crippen molar-refractivity contribution in [1.82, 2.24) is 0 Å². The van der Waals surface area contributed by atoms with E-state index >= 15 is 0 Å². The van der Waals surface area contributed by atoms with E-state index in [1.165, 1.54) is 6.92 Å². The molecule has 1 amide bonds. The summed E-state index contributed by atoms with van der Waals surface area (Å²) in [5.74, 6) is -8.03. The van der Waals surface area contributed by atoms with E-state index < -0.39 is 96.5 Å². The van der Waals surface area contributed by atoms with Crippen LogP contribution in [0.15, 0.2) is 30.3 Å². The van der Waals surface area contributed by atoms with Crippen molar-refractivity contribution in [1.29, 1.82) is 0 Å². The Labute approximate surface area is 323 Å². The molecule has 0 fully saturated rings. The number of primary amides is 1. The number of rotatable bonds is 17. The number of carbonyl (C=O) groups excluding carboxylic acids is 1. The van der Waals surface area contributed by atoms with Gasteiger partial charge in [0, 0.05) is 6.42 Å². The van der Waals surface area contributed by atoms with Gasteiger partial charge in [0.25, 0.3) is 0 Å². The Kier molecular flexibility index (Phi) is 36.6. The van der Waals surface area contributed by atoms with Crippen LogP contribution >= 0.6 is 0 Å². The monoisotopic (exact) mass is 811 g/mol. The second-order valence-electron chi connectivity index (χ2n) is 12.1. The van der Waals surface area contributed by atoms with E-state index in [2.05, 4.69) is 0 Å². The SMILES string of the molecule is CC(C)[C@H](N)C(=O)O.CC[C@H](C)[C@H](N)C(=O)O.C[C@@H](O)[C@H](N)C(=O)O.NC(=O)CC[C@H](N)C(=O)O.N[C@@H](CC(=O)O)C(=O)O.N[C@@H](Cc1ccccc1)C(=O)O. The summed E-state index contributed by atoms with van der Waals surface area (Å²) in [6.45, 7) is 8.64. The van der Waals surface area contributed by atoms with Gasteiger partial charge in [-0.3, -0.25) is 38.4 Å². The maximum absolute atomic E-state index is 10.4. The molecule has 0 bridgehead atoms. The molecule has 23 heteroatoms. The molecule has 0 radical (unpaired) electrons. The largest absolute Gasteiger partial charge is 0.481 e. The first-order chi connectivity index (χ1) is 25.5. The third kappa shape index (κ3) is 38.4. The molecule has 0 aliphatic heterocycles. The fourth-order valence-electron chi connectivity index (χ4n) is 2.64. The van der Waals surface area contributed by atoms with E-state index in [0.29, 0.717) is 6.42 Å². The fourth-order valence-corrected chi connectivity index (χ4v) is 2.64. The maximum Gasteiger partial charge on any atom is 0.323 e. The second kappa shape index (κ2) is 34.2. The number of aliphatic hydroxyl groups excluding tert-OH is 1. The summed E-state index contributed by atoms with van der Waals surface area (Å²) >= 11 is 0. The molecule has 8 atom stereocenters. The average Bonchev–Trinajstić information content (AvgIpc) is 3.10. The number of carboxylic acids is 7. The van der Waals surface area contributed by atoms with Crippen LogP contribution in [-0.2, 0) is 44.8 Å². The predicted octanol–water partition coefficient (Wildman–Crippen LogP) is -2.54. The molecule has 56 heavy (non-hydrogen) atoms. The van der Waals surface area contributed by atoms with Crippen LogP contribution in [0.2, 0.25) is 0 Å². The average molecular weight is 812 g/mol. The maximum atomic E-state index is 10.4. The van der Waals surface area contributed by atoms with Crippen molar-refractivity contribution < 1.29 is 79.2 Å². The van der Waals surface area contributed by atoms with Crippen LogP contribution in [0.25, 0.3) is 0 Å². The smallest absolute Gasteiger partial charge is 0.323 e. The van der Waals surface area contributed by atoms with Crippen molar-refractivity contribution in [2.75, 3.05) is 0 Å². The number of hydrogen-bond acceptors (Lipinski definition) is 15. The van der Waals surface area contributed by atoms with Crippen LogP contribution in [-0.4, -0.2) is 131 Å². The lowest BCUT2D eigenvalue weighted by molar-refractivity contribution is -0.144. The van der Waals surface area contributed by atoms with Crippen LogP contribution < -0.4 is 40.1 Å². The zero-order valence-corrected chi connectivity index (χ0v) is 32.0. The van der Waals surface area contributed by atoms with Crippen LogP contribution in [0.4, 0.5) is 0 Å². The van der Waals surface area contributed by atoms with Crippen molar-refractivity contribution in [3.63, 3.8) is 0 Å². The van der Waals surface area contributed by atoms with Gasteiger partial charge in [0.15, 0.2) is 0 Å². The Morgan fingerprint density at radius 2 is 0.964 bits per heavy atom. The Hall–Kier alpha value is -5.30. The summed E-state index contributed by atoms with van der Waals surface area (Å²) in [4.78, 5) is 80.2. The highest BCUT2D eigenvalue weighted by Crippen LogP contribution is 2.04. The molecule has 23 nitrogen and oxygen atoms in total. The summed E-state index contributed by atoms with van der Waals surface area (Å²) in [7, 11) is 0. The molecule has 0 saturated heterocycles. The van der Waals surface area contributed by atoms with Gasteiger partial charge in [0.2, 0.25) is 5.91 Å². The van der Waals surface area contributed by atoms with Gasteiger partial charge in [-0.25, -0.2) is 0 Å². The molecule has 0 heterocycles. The van der Waals surface area contributed by atoms with E-state index in [1.807, 2.05) is 44.2 Å². The van der Waals surface area contributed by atoms with Gasteiger partial charge in [-0.2, -0.15) is 0 Å². The molecule has 0 unspecified atom stereocenters. The lowest BCUT2D eigenvalue weighted by atomic mass is 10.0. The molecular weight excluding hydrogens is 750 g/mol. The van der Waals surface area contributed by atoms with Crippen molar-refractivity contribution in [3.8, 4) is 0 Å². The van der Waals surface area contributed by atoms with E-state index in [4.69, 9.17) is 81.0 Å². The third-order valence-electron chi connectivity index (χ3n) is 6.70. The first kappa shape index (κ1) is 60.0. The molecular formula is C33H61N7O16. The van der Waals surface area contributed by atoms with Crippen LogP contribution in [0, 0.1) is 11.8 Å². The number of hydrogen-bond donors (Lipinski definition) is 15. The van der Waals surface area contributed by atoms with Gasteiger partial charge in [-0.05, 0) is 37.2 Å². The Bertz CT molecular complexity index is 1300. The normalized spacial score (nSPS) is 14.1. The highest BCUT2D eigenvalue weighted by Gasteiger charge is 2.18. The molecule has 0 aromatic heterocycles. The van der Waals surface area contributed by atoms with Crippen molar-refractivity contribution in [2.24, 2.45) is 52.0 Å². The molecule has 0 aliphatic carbocycles. The van der Waals surface area contributed by atoms with Gasteiger partial charge in [0.05, 0.1) is 12.5 Å². The Morgan fingerprint density at radius 3 is 1.16 bits per heavy atom. The van der Waals surface area contributed by atoms with Crippen LogP contribution in [0.1, 0.15) is 65.9 Å². The van der Waals surface area contributed by atoms with Crippen molar-refractivity contribution in [3.05, 3.63) is 35.9 Å². The summed E-state index contributed by atoms with van der Waals surface area (Å²) < 4.78 is 0. The lowest BCUT2D eigenvalue weighted by Gasteiger charge is -2.11. The number of carbonyl (C=O) groups is 8. The molecule has 324 valence electrons. The fraction of sp³-hybridized carbons (Fsp3) is 0.576. The zero-order valence-electron chi connectivity index (χ0n) is 32.0. The number of benzene rings is 1. The van der Waals surface area contributed by atoms with Crippen LogP contribution in [0.3, 0.4) is 0 Å². The highest BCUT2D eigenvalue weighted by atomic mass is 16.4. The standard InChI is InChI=1S/C9H11NO2.C6H13NO2.C5H10N2O3.C5H11NO2.C4H7NO4.C4H9NO3/c10-8(9(11)12)6-7-4-2-1-3-5-7;1-3-4(2)5(7)6(8)9;6-3(5(9)10)1-2-4(7)8;1-3(2)4(6)5(7)8;5-2(4(8)9)1-3(6)7;1-2(6)3(5)4(7)8/h1-5,8H,6,10H2,(H,11,12);4-5H,3,7H2,1-2H3,(H,8,9);3H,1-2,6H2,(H2,7,8)(H,9,10);3-4H,6H2,1-2H3,(H,7,8);2H,1,5H2,(H,6,7)(H,8,9);2-3,6H,5H2,1H3,(H,7,8)/t8-;4-,5-;3-;4-;2-;2-,3+/m000001/s1. The van der Waals surface area contributed by atoms with Crippen LogP contribution in [0.5, 0.6) is 0 Å². The first-order valence-corrected chi connectivity index (χ1v) is 16.6. The summed E-state index contributed by atoms with van der Waals surface area (Å²) in [6.07, 6.45) is -0.190. The second-order valence-corrected chi connectivity index (χ2v) is 12.1. The number of amides is 1. The Morgan fingerprint density at radius 1 is 0.571 bits per heavy atom. The predicted molar refractivity (Wildman–Crippen MR) is 200 cm³/mol. The van der Waals surface area contributed by atoms with Gasteiger partial charge < -0.3 is 81.0 Å². The summed E-state index contributed by atoms with van der Waals surface area (Å²) in [6, 6.07) is 3.71.